The zero-order valence-corrected chi connectivity index (χ0v) is 14.6. The number of halogens is 3. The van der Waals surface area contributed by atoms with Crippen LogP contribution < -0.4 is 4.74 Å². The Labute approximate surface area is 142 Å². The molecule has 0 aromatic heterocycles. The van der Waals surface area contributed by atoms with Crippen LogP contribution in [0.5, 0.6) is 5.75 Å². The fourth-order valence-electron chi connectivity index (χ4n) is 3.51. The van der Waals surface area contributed by atoms with Gasteiger partial charge in [0.25, 0.3) is 0 Å². The number of hydrogen-bond acceptors (Lipinski definition) is 1. The molecule has 1 nitrogen and oxygen atoms in total. The molecule has 1 aliphatic rings. The van der Waals surface area contributed by atoms with Gasteiger partial charge in [-0.2, -0.15) is 4.39 Å². The van der Waals surface area contributed by atoms with Crippen molar-refractivity contribution < 1.29 is 17.9 Å². The zero-order chi connectivity index (χ0) is 17.5. The van der Waals surface area contributed by atoms with Crippen molar-refractivity contribution in [2.75, 3.05) is 6.61 Å². The van der Waals surface area contributed by atoms with Crippen LogP contribution in [0.25, 0.3) is 0 Å². The van der Waals surface area contributed by atoms with Gasteiger partial charge in [-0.15, -0.1) is 0 Å². The molecule has 0 saturated heterocycles. The van der Waals surface area contributed by atoms with Crippen LogP contribution in [0, 0.1) is 17.6 Å². The van der Waals surface area contributed by atoms with Crippen LogP contribution in [0.4, 0.5) is 13.2 Å². The van der Waals surface area contributed by atoms with Crippen LogP contribution >= 0.6 is 0 Å². The van der Waals surface area contributed by atoms with E-state index in [0.717, 1.165) is 38.5 Å². The Kier molecular flexibility index (Phi) is 7.19. The first kappa shape index (κ1) is 18.9. The molecule has 1 aromatic carbocycles. The Morgan fingerprint density at radius 3 is 2.46 bits per heavy atom. The molecule has 4 heteroatoms. The second-order valence-corrected chi connectivity index (χ2v) is 6.51. The predicted molar refractivity (Wildman–Crippen MR) is 90.9 cm³/mol. The molecule has 0 N–H and O–H groups in total. The molecular formula is C20H27F3O. The summed E-state index contributed by atoms with van der Waals surface area (Å²) in [6, 6.07) is 3.19. The highest BCUT2D eigenvalue weighted by Crippen LogP contribution is 2.40. The average molecular weight is 340 g/mol. The summed E-state index contributed by atoms with van der Waals surface area (Å²) in [6.45, 7) is 3.86. The van der Waals surface area contributed by atoms with Crippen molar-refractivity contribution in [3.8, 4) is 5.75 Å². The molecule has 1 aromatic rings. The number of rotatable bonds is 7. The summed E-state index contributed by atoms with van der Waals surface area (Å²) < 4.78 is 46.5. The molecule has 1 saturated carbocycles. The molecule has 0 atom stereocenters. The normalized spacial score (nSPS) is 21.8. The maximum atomic E-state index is 14.3. The fraction of sp³-hybridized carbons (Fsp3) is 0.600. The lowest BCUT2D eigenvalue weighted by molar-refractivity contribution is 0.297. The molecule has 24 heavy (non-hydrogen) atoms. The smallest absolute Gasteiger partial charge is 0.200 e. The highest BCUT2D eigenvalue weighted by atomic mass is 19.2. The van der Waals surface area contributed by atoms with E-state index in [9.17, 15) is 13.2 Å². The summed E-state index contributed by atoms with van der Waals surface area (Å²) in [5, 5.41) is 0. The van der Waals surface area contributed by atoms with E-state index >= 15 is 0 Å². The van der Waals surface area contributed by atoms with Crippen molar-refractivity contribution in [1.82, 2.24) is 0 Å². The highest BCUT2D eigenvalue weighted by molar-refractivity contribution is 5.33. The molecule has 0 radical (unpaired) electrons. The van der Waals surface area contributed by atoms with E-state index in [1.165, 1.54) is 6.07 Å². The Bertz CT molecular complexity index is 560. The summed E-state index contributed by atoms with van der Waals surface area (Å²) in [6.07, 6.45) is 7.55. The van der Waals surface area contributed by atoms with Gasteiger partial charge in [-0.05, 0) is 75.3 Å². The van der Waals surface area contributed by atoms with Gasteiger partial charge < -0.3 is 4.74 Å². The van der Waals surface area contributed by atoms with Crippen LogP contribution in [-0.2, 0) is 0 Å². The van der Waals surface area contributed by atoms with Crippen LogP contribution in [-0.4, -0.2) is 6.61 Å². The minimum Gasteiger partial charge on any atom is -0.491 e. The molecule has 0 bridgehead atoms. The van der Waals surface area contributed by atoms with Gasteiger partial charge in [-0.3, -0.25) is 0 Å². The predicted octanol–water partition coefficient (Wildman–Crippen LogP) is 6.68. The summed E-state index contributed by atoms with van der Waals surface area (Å²) in [5.74, 6) is -1.09. The van der Waals surface area contributed by atoms with E-state index in [1.807, 2.05) is 6.92 Å². The topological polar surface area (TPSA) is 9.23 Å². The molecule has 0 unspecified atom stereocenters. The quantitative estimate of drug-likeness (QED) is 0.538. The summed E-state index contributed by atoms with van der Waals surface area (Å²) >= 11 is 0. The van der Waals surface area contributed by atoms with Gasteiger partial charge in [0, 0.05) is 0 Å². The Hall–Kier alpha value is -1.45. The van der Waals surface area contributed by atoms with Crippen LogP contribution in [0.3, 0.4) is 0 Å². The van der Waals surface area contributed by atoms with E-state index in [0.29, 0.717) is 24.5 Å². The number of benzene rings is 1. The van der Waals surface area contributed by atoms with Crippen molar-refractivity contribution in [2.45, 2.75) is 64.7 Å². The first-order valence-corrected chi connectivity index (χ1v) is 9.02. The van der Waals surface area contributed by atoms with Crippen molar-refractivity contribution in [1.29, 1.82) is 0 Å². The van der Waals surface area contributed by atoms with Gasteiger partial charge in [0.1, 0.15) is 0 Å². The highest BCUT2D eigenvalue weighted by Gasteiger charge is 2.26. The molecule has 2 rings (SSSR count). The maximum absolute atomic E-state index is 14.3. The van der Waals surface area contributed by atoms with E-state index in [4.69, 9.17) is 4.74 Å². The lowest BCUT2D eigenvalue weighted by Crippen LogP contribution is -2.15. The Balaban J connectivity index is 1.91. The van der Waals surface area contributed by atoms with Crippen molar-refractivity contribution in [3.63, 3.8) is 0 Å². The number of ether oxygens (including phenoxy) is 1. The van der Waals surface area contributed by atoms with Crippen LogP contribution in [0.15, 0.2) is 24.0 Å². The molecular weight excluding hydrogens is 313 g/mol. The van der Waals surface area contributed by atoms with Crippen LogP contribution in [0.1, 0.15) is 70.3 Å². The Morgan fingerprint density at radius 2 is 1.83 bits per heavy atom. The minimum atomic E-state index is -0.878. The largest absolute Gasteiger partial charge is 0.491 e. The van der Waals surface area contributed by atoms with Gasteiger partial charge >= 0.3 is 0 Å². The van der Waals surface area contributed by atoms with E-state index in [1.54, 1.807) is 19.1 Å². The van der Waals surface area contributed by atoms with E-state index in [-0.39, 0.29) is 17.5 Å². The number of hydrogen-bond donors (Lipinski definition) is 0. The van der Waals surface area contributed by atoms with Crippen molar-refractivity contribution in [3.05, 3.63) is 41.2 Å². The van der Waals surface area contributed by atoms with Crippen molar-refractivity contribution >= 4 is 0 Å². The molecule has 1 aliphatic carbocycles. The van der Waals surface area contributed by atoms with E-state index < -0.39 is 11.6 Å². The third-order valence-corrected chi connectivity index (χ3v) is 4.94. The summed E-state index contributed by atoms with van der Waals surface area (Å²) in [4.78, 5) is 0. The summed E-state index contributed by atoms with van der Waals surface area (Å²) in [7, 11) is 0. The van der Waals surface area contributed by atoms with Crippen LogP contribution in [0.2, 0.25) is 0 Å². The second-order valence-electron chi connectivity index (χ2n) is 6.51. The molecule has 1 fully saturated rings. The lowest BCUT2D eigenvalue weighted by Gasteiger charge is -2.29. The molecule has 0 spiro atoms. The third kappa shape index (κ3) is 4.78. The van der Waals surface area contributed by atoms with Gasteiger partial charge in [-0.1, -0.05) is 19.1 Å². The Morgan fingerprint density at radius 1 is 1.12 bits per heavy atom. The standard InChI is InChI=1S/C20H27F3O/c1-3-16(21)7-5-6-14-8-10-15(11-9-14)17-12-13-18(24-4-2)20(23)19(17)22/h7,12-15H,3-6,8-11H2,1-2H3/b16-7-. The summed E-state index contributed by atoms with van der Waals surface area (Å²) in [5.41, 5.74) is 0.464. The molecule has 0 aliphatic heterocycles. The lowest BCUT2D eigenvalue weighted by atomic mass is 9.77. The van der Waals surface area contributed by atoms with Crippen molar-refractivity contribution in [2.24, 2.45) is 5.92 Å². The fourth-order valence-corrected chi connectivity index (χ4v) is 3.51. The van der Waals surface area contributed by atoms with Gasteiger partial charge in [-0.25, -0.2) is 8.78 Å². The average Bonchev–Trinajstić information content (AvgIpc) is 2.60. The number of allylic oxidation sites excluding steroid dienone is 2. The van der Waals surface area contributed by atoms with Gasteiger partial charge in [0.2, 0.25) is 5.82 Å². The molecule has 0 amide bonds. The minimum absolute atomic E-state index is 0.0165. The first-order chi connectivity index (χ1) is 11.6. The first-order valence-electron chi connectivity index (χ1n) is 9.02. The SMILES string of the molecule is CCOc1ccc(C2CCC(CC/C=C(\F)CC)CC2)c(F)c1F. The second kappa shape index (κ2) is 9.14. The van der Waals surface area contributed by atoms with Gasteiger partial charge in [0.15, 0.2) is 11.6 Å². The zero-order valence-electron chi connectivity index (χ0n) is 14.6. The monoisotopic (exact) mass is 340 g/mol. The molecule has 0 heterocycles. The molecule has 134 valence electrons. The third-order valence-electron chi connectivity index (χ3n) is 4.94. The van der Waals surface area contributed by atoms with Gasteiger partial charge in [0.05, 0.1) is 12.4 Å². The van der Waals surface area contributed by atoms with E-state index in [2.05, 4.69) is 0 Å². The maximum Gasteiger partial charge on any atom is 0.200 e.